The molecule has 1 aromatic carbocycles. The van der Waals surface area contributed by atoms with E-state index < -0.39 is 0 Å². The fourth-order valence-electron chi connectivity index (χ4n) is 3.84. The Morgan fingerprint density at radius 3 is 2.67 bits per heavy atom. The molecule has 0 bridgehead atoms. The average molecular weight is 398 g/mol. The van der Waals surface area contributed by atoms with Crippen LogP contribution in [-0.4, -0.2) is 39.8 Å². The van der Waals surface area contributed by atoms with E-state index in [2.05, 4.69) is 39.7 Å². The number of carbonyl (C=O) groups excluding carboxylic acids is 1. The molecule has 1 aliphatic heterocycles. The Morgan fingerprint density at radius 2 is 1.90 bits per heavy atom. The lowest BCUT2D eigenvalue weighted by Crippen LogP contribution is -2.35. The molecule has 1 saturated heterocycles. The van der Waals surface area contributed by atoms with Crippen molar-refractivity contribution < 1.29 is 9.53 Å². The van der Waals surface area contributed by atoms with Gasteiger partial charge in [-0.05, 0) is 65.4 Å². The van der Waals surface area contributed by atoms with Gasteiger partial charge < -0.3 is 10.1 Å². The van der Waals surface area contributed by atoms with E-state index in [1.807, 2.05) is 36.5 Å². The SMILES string of the molecule is O=C(NC1CCOC1)c1cc(Cc2ccc(-c3ccncc3)cc2)c2cccn2n1. The van der Waals surface area contributed by atoms with Crippen molar-refractivity contribution in [3.05, 3.63) is 90.0 Å². The second kappa shape index (κ2) is 8.08. The lowest BCUT2D eigenvalue weighted by molar-refractivity contribution is 0.0923. The number of nitrogens with zero attached hydrogens (tertiary/aromatic N) is 3. The first kappa shape index (κ1) is 18.5. The summed E-state index contributed by atoms with van der Waals surface area (Å²) in [6.45, 7) is 1.25. The predicted octanol–water partition coefficient (Wildman–Crippen LogP) is 3.51. The Morgan fingerprint density at radius 1 is 1.10 bits per heavy atom. The number of ether oxygens (including phenoxy) is 1. The summed E-state index contributed by atoms with van der Waals surface area (Å²) in [5.74, 6) is -0.157. The number of aromatic nitrogens is 3. The largest absolute Gasteiger partial charge is 0.379 e. The molecule has 0 saturated carbocycles. The van der Waals surface area contributed by atoms with E-state index in [1.165, 1.54) is 5.56 Å². The van der Waals surface area contributed by atoms with Crippen LogP contribution in [0.1, 0.15) is 28.0 Å². The van der Waals surface area contributed by atoms with E-state index in [-0.39, 0.29) is 11.9 Å². The number of fused-ring (bicyclic) bond motifs is 1. The van der Waals surface area contributed by atoms with Crippen molar-refractivity contribution in [2.75, 3.05) is 13.2 Å². The van der Waals surface area contributed by atoms with Crippen molar-refractivity contribution in [2.24, 2.45) is 0 Å². The molecular weight excluding hydrogens is 376 g/mol. The summed E-state index contributed by atoms with van der Waals surface area (Å²) in [4.78, 5) is 16.8. The monoisotopic (exact) mass is 398 g/mol. The maximum Gasteiger partial charge on any atom is 0.272 e. The van der Waals surface area contributed by atoms with Gasteiger partial charge in [0.1, 0.15) is 5.69 Å². The van der Waals surface area contributed by atoms with E-state index in [0.29, 0.717) is 18.9 Å². The molecule has 3 aromatic heterocycles. The molecule has 150 valence electrons. The van der Waals surface area contributed by atoms with E-state index in [0.717, 1.165) is 35.0 Å². The Hall–Kier alpha value is -3.51. The summed E-state index contributed by atoms with van der Waals surface area (Å²) >= 11 is 0. The zero-order valence-electron chi connectivity index (χ0n) is 16.5. The minimum Gasteiger partial charge on any atom is -0.379 e. The van der Waals surface area contributed by atoms with Gasteiger partial charge in [0.25, 0.3) is 5.91 Å². The molecule has 0 aliphatic carbocycles. The predicted molar refractivity (Wildman–Crippen MR) is 114 cm³/mol. The molecule has 4 heterocycles. The number of rotatable bonds is 5. The summed E-state index contributed by atoms with van der Waals surface area (Å²) < 4.78 is 7.13. The van der Waals surface area contributed by atoms with Crippen LogP contribution in [0.4, 0.5) is 0 Å². The molecule has 4 aromatic rings. The summed E-state index contributed by atoms with van der Waals surface area (Å²) in [5, 5.41) is 7.52. The molecular formula is C24H22N4O2. The Bertz CT molecular complexity index is 1160. The highest BCUT2D eigenvalue weighted by molar-refractivity contribution is 5.93. The summed E-state index contributed by atoms with van der Waals surface area (Å²) in [6, 6.07) is 18.4. The first-order valence-electron chi connectivity index (χ1n) is 10.1. The van der Waals surface area contributed by atoms with E-state index in [1.54, 1.807) is 16.9 Å². The molecule has 1 fully saturated rings. The lowest BCUT2D eigenvalue weighted by atomic mass is 10.0. The molecule has 0 radical (unpaired) electrons. The molecule has 1 amide bonds. The number of carbonyl (C=O) groups is 1. The molecule has 1 unspecified atom stereocenters. The van der Waals surface area contributed by atoms with Crippen LogP contribution in [0.15, 0.2) is 73.2 Å². The second-order valence-electron chi connectivity index (χ2n) is 7.54. The van der Waals surface area contributed by atoms with Crippen LogP contribution in [0.2, 0.25) is 0 Å². The second-order valence-corrected chi connectivity index (χ2v) is 7.54. The van der Waals surface area contributed by atoms with E-state index in [9.17, 15) is 4.79 Å². The van der Waals surface area contributed by atoms with Crippen molar-refractivity contribution in [3.63, 3.8) is 0 Å². The summed E-state index contributed by atoms with van der Waals surface area (Å²) in [6.07, 6.45) is 7.04. The van der Waals surface area contributed by atoms with Crippen molar-refractivity contribution in [1.82, 2.24) is 19.9 Å². The number of benzene rings is 1. The van der Waals surface area contributed by atoms with E-state index in [4.69, 9.17) is 4.74 Å². The first-order chi connectivity index (χ1) is 14.8. The zero-order valence-corrected chi connectivity index (χ0v) is 16.5. The fraction of sp³-hybridized carbons (Fsp3) is 0.208. The van der Waals surface area contributed by atoms with Crippen LogP contribution in [0.5, 0.6) is 0 Å². The number of amides is 1. The molecule has 6 heteroatoms. The lowest BCUT2D eigenvalue weighted by Gasteiger charge is -2.12. The van der Waals surface area contributed by atoms with Crippen molar-refractivity contribution >= 4 is 11.4 Å². The van der Waals surface area contributed by atoms with Crippen LogP contribution in [0, 0.1) is 0 Å². The normalized spacial score (nSPS) is 16.1. The smallest absolute Gasteiger partial charge is 0.272 e. The van der Waals surface area contributed by atoms with Gasteiger partial charge in [0.2, 0.25) is 0 Å². The van der Waals surface area contributed by atoms with Gasteiger partial charge in [-0.25, -0.2) is 4.52 Å². The molecule has 6 nitrogen and oxygen atoms in total. The van der Waals surface area contributed by atoms with Crippen LogP contribution >= 0.6 is 0 Å². The van der Waals surface area contributed by atoms with Gasteiger partial charge in [-0.3, -0.25) is 9.78 Å². The zero-order chi connectivity index (χ0) is 20.3. The van der Waals surface area contributed by atoms with Crippen LogP contribution in [0.25, 0.3) is 16.6 Å². The Balaban J connectivity index is 1.41. The summed E-state index contributed by atoms with van der Waals surface area (Å²) in [7, 11) is 0. The Kier molecular flexibility index (Phi) is 4.99. The molecule has 5 rings (SSSR count). The maximum atomic E-state index is 12.7. The number of nitrogens with one attached hydrogen (secondary N) is 1. The highest BCUT2D eigenvalue weighted by Crippen LogP contribution is 2.22. The molecule has 1 N–H and O–H groups in total. The minimum atomic E-state index is -0.157. The van der Waals surface area contributed by atoms with Crippen molar-refractivity contribution in [1.29, 1.82) is 0 Å². The Labute approximate surface area is 174 Å². The minimum absolute atomic E-state index is 0.0591. The van der Waals surface area contributed by atoms with Gasteiger partial charge in [0.05, 0.1) is 18.2 Å². The summed E-state index contributed by atoms with van der Waals surface area (Å²) in [5.41, 5.74) is 5.98. The van der Waals surface area contributed by atoms with Crippen molar-refractivity contribution in [3.8, 4) is 11.1 Å². The van der Waals surface area contributed by atoms with Gasteiger partial charge >= 0.3 is 0 Å². The molecule has 30 heavy (non-hydrogen) atoms. The number of hydrogen-bond donors (Lipinski definition) is 1. The molecule has 1 atom stereocenters. The maximum absolute atomic E-state index is 12.7. The van der Waals surface area contributed by atoms with Gasteiger partial charge in [-0.1, -0.05) is 24.3 Å². The third kappa shape index (κ3) is 3.82. The van der Waals surface area contributed by atoms with Crippen LogP contribution in [-0.2, 0) is 11.2 Å². The van der Waals surface area contributed by atoms with E-state index >= 15 is 0 Å². The van der Waals surface area contributed by atoms with Crippen LogP contribution < -0.4 is 5.32 Å². The number of pyridine rings is 1. The average Bonchev–Trinajstić information content (AvgIpc) is 3.47. The highest BCUT2D eigenvalue weighted by Gasteiger charge is 2.20. The first-order valence-corrected chi connectivity index (χ1v) is 10.1. The number of hydrogen-bond acceptors (Lipinski definition) is 4. The van der Waals surface area contributed by atoms with Crippen molar-refractivity contribution in [2.45, 2.75) is 18.9 Å². The standard InChI is InChI=1S/C24H22N4O2/c29-24(26-21-9-13-30-16-21)22-15-20(23-2-1-12-28(23)27-22)14-17-3-5-18(6-4-17)19-7-10-25-11-8-19/h1-8,10-12,15,21H,9,13-14,16H2,(H,26,29). The van der Waals surface area contributed by atoms with Gasteiger partial charge in [-0.15, -0.1) is 0 Å². The molecule has 0 spiro atoms. The highest BCUT2D eigenvalue weighted by atomic mass is 16.5. The van der Waals surface area contributed by atoms with Crippen LogP contribution in [0.3, 0.4) is 0 Å². The van der Waals surface area contributed by atoms with Gasteiger partial charge in [0.15, 0.2) is 0 Å². The molecule has 1 aliphatic rings. The van der Waals surface area contributed by atoms with Gasteiger partial charge in [-0.2, -0.15) is 5.10 Å². The third-order valence-electron chi connectivity index (χ3n) is 5.44. The van der Waals surface area contributed by atoms with Gasteiger partial charge in [0, 0.05) is 25.2 Å². The topological polar surface area (TPSA) is 68.5 Å². The quantitative estimate of drug-likeness (QED) is 0.559. The fourth-order valence-corrected chi connectivity index (χ4v) is 3.84. The third-order valence-corrected chi connectivity index (χ3v) is 5.44.